The van der Waals surface area contributed by atoms with Crippen molar-refractivity contribution >= 4 is 20.7 Å². The maximum atomic E-state index is 2.64. The van der Waals surface area contributed by atoms with Gasteiger partial charge in [0.2, 0.25) is 0 Å². The molecule has 1 aromatic heterocycles. The molecule has 0 unspecified atom stereocenters. The minimum Gasteiger partial charge on any atom is -0.0587 e. The van der Waals surface area contributed by atoms with Crippen LogP contribution in [0.1, 0.15) is 228 Å². The highest BCUT2D eigenvalue weighted by atomic mass is 32.7. The monoisotopic (exact) mass is 702 g/mol. The van der Waals surface area contributed by atoms with Crippen molar-refractivity contribution in [3.05, 3.63) is 86.5 Å². The van der Waals surface area contributed by atoms with E-state index >= 15 is 0 Å². The number of hydrogen-bond donors (Lipinski definition) is 0. The highest BCUT2D eigenvalue weighted by Crippen LogP contribution is 2.99. The zero-order valence-corrected chi connectivity index (χ0v) is 36.7. The van der Waals surface area contributed by atoms with Gasteiger partial charge in [0, 0.05) is 15.9 Å². The Hall–Kier alpha value is -1.44. The summed E-state index contributed by atoms with van der Waals surface area (Å²) in [5, 5.41) is 5.39. The van der Waals surface area contributed by atoms with Crippen LogP contribution in [0.25, 0.3) is 15.9 Å². The lowest BCUT2D eigenvalue weighted by atomic mass is 9.89. The number of benzene rings is 3. The summed E-state index contributed by atoms with van der Waals surface area (Å²) in [4.78, 5) is 0. The van der Waals surface area contributed by atoms with Crippen molar-refractivity contribution in [1.29, 1.82) is 0 Å². The molecule has 0 aliphatic rings. The van der Waals surface area contributed by atoms with E-state index in [1.807, 2.05) is 0 Å². The van der Waals surface area contributed by atoms with E-state index in [4.69, 9.17) is 0 Å². The second-order valence-corrected chi connectivity index (χ2v) is 30.5. The summed E-state index contributed by atoms with van der Waals surface area (Å²) in [7, 11) is 0. The molecule has 48 heavy (non-hydrogen) atoms. The molecule has 4 rings (SSSR count). The maximum Gasteiger partial charge on any atom is 0.0133 e. The SMILES string of the molecule is CC(C)c1cc(C(C)C)c(-p2p(-c3c(C(C)C)cc(C(C)C)cc3C(C)C)p2-c2c(C(C)C)cc(C(C)C)cc2C(C)C)c(C(C)C)c1. The van der Waals surface area contributed by atoms with Crippen molar-refractivity contribution in [2.75, 3.05) is 0 Å². The zero-order chi connectivity index (χ0) is 36.1. The summed E-state index contributed by atoms with van der Waals surface area (Å²) < 4.78 is 0. The fourth-order valence-electron chi connectivity index (χ4n) is 7.14. The normalized spacial score (nSPS) is 13.9. The standard InChI is InChI=1S/C45H69P3/c1-25(2)34-19-37(28(7)8)43(38(20-34)29(9)10)46-47(44-39(30(11)12)21-35(26(3)4)22-40(44)31(13)14)48(46)45-41(32(15)16)23-36(27(5)6)24-42(45)33(17)18/h19-33H,1-18H3. The Morgan fingerprint density at radius 3 is 0.500 bits per heavy atom. The predicted molar refractivity (Wildman–Crippen MR) is 225 cm³/mol. The van der Waals surface area contributed by atoms with Crippen LogP contribution in [0.5, 0.6) is 0 Å². The Labute approximate surface area is 299 Å². The van der Waals surface area contributed by atoms with Crippen LogP contribution in [0.2, 0.25) is 0 Å². The van der Waals surface area contributed by atoms with E-state index in [-0.39, 0.29) is 20.7 Å². The van der Waals surface area contributed by atoms with E-state index < -0.39 is 0 Å². The van der Waals surface area contributed by atoms with Crippen molar-refractivity contribution in [2.45, 2.75) is 178 Å². The third-order valence-electron chi connectivity index (χ3n) is 10.4. The van der Waals surface area contributed by atoms with Crippen LogP contribution in [-0.4, -0.2) is 0 Å². The van der Waals surface area contributed by atoms with Gasteiger partial charge in [-0.25, -0.2) is 0 Å². The van der Waals surface area contributed by atoms with Gasteiger partial charge in [0.1, 0.15) is 0 Å². The molecule has 0 N–H and O–H groups in total. The molecule has 0 nitrogen and oxygen atoms in total. The Bertz CT molecular complexity index is 1410. The zero-order valence-electron chi connectivity index (χ0n) is 34.0. The Kier molecular flexibility index (Phi) is 12.7. The van der Waals surface area contributed by atoms with E-state index in [1.54, 1.807) is 49.3 Å². The third kappa shape index (κ3) is 7.73. The first-order chi connectivity index (χ1) is 22.3. The van der Waals surface area contributed by atoms with Gasteiger partial charge in [-0.1, -0.05) is 161 Å². The smallest absolute Gasteiger partial charge is 0.0133 e. The van der Waals surface area contributed by atoms with Gasteiger partial charge < -0.3 is 0 Å². The Morgan fingerprint density at radius 2 is 0.396 bits per heavy atom. The van der Waals surface area contributed by atoms with Gasteiger partial charge >= 0.3 is 0 Å². The van der Waals surface area contributed by atoms with Crippen LogP contribution in [0.3, 0.4) is 0 Å². The molecular weight excluding hydrogens is 633 g/mol. The van der Waals surface area contributed by atoms with Crippen LogP contribution in [0.15, 0.2) is 36.4 Å². The highest BCUT2D eigenvalue weighted by Gasteiger charge is 2.37. The lowest BCUT2D eigenvalue weighted by Crippen LogP contribution is -2.01. The molecule has 0 radical (unpaired) electrons. The first-order valence-electron chi connectivity index (χ1n) is 19.2. The Morgan fingerprint density at radius 1 is 0.250 bits per heavy atom. The quantitative estimate of drug-likeness (QED) is 0.138. The van der Waals surface area contributed by atoms with Gasteiger partial charge in [-0.3, -0.25) is 0 Å². The molecule has 0 amide bonds. The Balaban J connectivity index is 2.33. The molecule has 1 heterocycles. The molecule has 0 saturated carbocycles. The first-order valence-corrected chi connectivity index (χ1v) is 25.4. The average Bonchev–Trinajstić information content (AvgIpc) is 3.72. The van der Waals surface area contributed by atoms with Crippen molar-refractivity contribution in [3.8, 4) is 15.9 Å². The summed E-state index contributed by atoms with van der Waals surface area (Å²) >= 11 is 0. The minimum atomic E-state index is -0.347. The number of rotatable bonds is 12. The van der Waals surface area contributed by atoms with Gasteiger partial charge in [-0.2, -0.15) is 0 Å². The molecular formula is C45H69P3. The van der Waals surface area contributed by atoms with Crippen LogP contribution in [0.4, 0.5) is 0 Å². The van der Waals surface area contributed by atoms with Gasteiger partial charge in [0.05, 0.1) is 0 Å². The molecule has 0 spiro atoms. The average molecular weight is 703 g/mol. The second kappa shape index (κ2) is 15.4. The third-order valence-corrected chi connectivity index (χ3v) is 27.3. The van der Waals surface area contributed by atoms with E-state index in [9.17, 15) is 0 Å². The van der Waals surface area contributed by atoms with Crippen molar-refractivity contribution < 1.29 is 0 Å². The van der Waals surface area contributed by atoms with Crippen LogP contribution in [-0.2, 0) is 0 Å². The van der Waals surface area contributed by atoms with E-state index in [1.165, 1.54) is 16.7 Å². The molecule has 264 valence electrons. The largest absolute Gasteiger partial charge is 0.0587 e. The van der Waals surface area contributed by atoms with Crippen molar-refractivity contribution in [2.24, 2.45) is 0 Å². The molecule has 4 aromatic rings. The predicted octanol–water partition coefficient (Wildman–Crippen LogP) is 17.7. The lowest BCUT2D eigenvalue weighted by Gasteiger charge is -2.23. The molecule has 0 aliphatic heterocycles. The molecule has 0 bridgehead atoms. The maximum absolute atomic E-state index is 2.64. The van der Waals surface area contributed by atoms with E-state index in [0.717, 1.165) is 0 Å². The van der Waals surface area contributed by atoms with Gasteiger partial charge in [0.15, 0.2) is 0 Å². The van der Waals surface area contributed by atoms with Crippen molar-refractivity contribution in [3.63, 3.8) is 0 Å². The summed E-state index contributed by atoms with van der Waals surface area (Å²) in [6.45, 7) is 42.8. The molecule has 0 atom stereocenters. The van der Waals surface area contributed by atoms with E-state index in [0.29, 0.717) is 53.3 Å². The molecule has 0 saturated heterocycles. The van der Waals surface area contributed by atoms with Gasteiger partial charge in [-0.15, -0.1) is 0 Å². The summed E-state index contributed by atoms with van der Waals surface area (Å²) in [6, 6.07) is 15.8. The topological polar surface area (TPSA) is 0 Å². The molecule has 3 heteroatoms. The molecule has 3 aromatic carbocycles. The summed E-state index contributed by atoms with van der Waals surface area (Å²) in [5.41, 5.74) is 14.5. The number of hydrogen-bond acceptors (Lipinski definition) is 0. The molecule has 0 aliphatic carbocycles. The summed E-state index contributed by atoms with van der Waals surface area (Å²) in [5.74, 6) is 4.71. The minimum absolute atomic E-state index is 0.347. The highest BCUT2D eigenvalue weighted by molar-refractivity contribution is 8.77. The van der Waals surface area contributed by atoms with Crippen molar-refractivity contribution in [1.82, 2.24) is 0 Å². The van der Waals surface area contributed by atoms with Crippen LogP contribution >= 0.6 is 20.7 Å². The molecule has 0 fully saturated rings. The lowest BCUT2D eigenvalue weighted by molar-refractivity contribution is 0.811. The van der Waals surface area contributed by atoms with E-state index in [2.05, 4.69) is 161 Å². The van der Waals surface area contributed by atoms with Gasteiger partial charge in [0.25, 0.3) is 0 Å². The fourth-order valence-corrected chi connectivity index (χ4v) is 30.5. The summed E-state index contributed by atoms with van der Waals surface area (Å²) in [6.07, 6.45) is 0. The first kappa shape index (κ1) is 39.3. The van der Waals surface area contributed by atoms with Crippen LogP contribution < -0.4 is 0 Å². The second-order valence-electron chi connectivity index (χ2n) is 17.4. The van der Waals surface area contributed by atoms with Crippen LogP contribution in [0, 0.1) is 0 Å². The van der Waals surface area contributed by atoms with Gasteiger partial charge in [-0.05, 0) is 124 Å². The fraction of sp³-hybridized carbons (Fsp3) is 0.600.